The second kappa shape index (κ2) is 23.7. The number of unbranched alkanes of at least 4 members (excludes halogenated alkanes) is 2. The molecule has 0 bridgehead atoms. The van der Waals surface area contributed by atoms with Crippen LogP contribution in [0.2, 0.25) is 0 Å². The molecule has 1 aromatic rings. The number of ether oxygens (including phenoxy) is 2. The van der Waals surface area contributed by atoms with Crippen LogP contribution in [0.25, 0.3) is 0 Å². The molecular formula is C31H52N6O7. The summed E-state index contributed by atoms with van der Waals surface area (Å²) in [6.45, 7) is 8.36. The highest BCUT2D eigenvalue weighted by molar-refractivity contribution is 5.94. The standard InChI is InChI=1S/C31H52N6O7/c1-5-17-43-31(41)35-16-19-42-18-9-8-15-36-44-22-24-11-10-12-25(21-24)29(39)34-14-7-6-13-26(28(32)38)37-30(40)27(33-4)20-23(2)3/h10-12,15,21,23,26-27,33H,5-9,13-14,16-20,22H2,1-4H3,(H2,32,38)(H,34,39)(H,35,41)(H,37,40)/b36-15+/t26-,27-/m0/s1. The number of oxime groups is 1. The zero-order chi connectivity index (χ0) is 32.6. The van der Waals surface area contributed by atoms with Crippen LogP contribution in [0, 0.1) is 5.92 Å². The number of hydrogen-bond donors (Lipinski definition) is 5. The lowest BCUT2D eigenvalue weighted by atomic mass is 10.0. The molecule has 2 atom stereocenters. The Bertz CT molecular complexity index is 1020. The Morgan fingerprint density at radius 3 is 2.50 bits per heavy atom. The fraction of sp³-hybridized carbons (Fsp3) is 0.645. The summed E-state index contributed by atoms with van der Waals surface area (Å²) in [4.78, 5) is 53.6. The molecule has 13 heteroatoms. The van der Waals surface area contributed by atoms with E-state index < -0.39 is 18.0 Å². The van der Waals surface area contributed by atoms with Crippen LogP contribution in [0.5, 0.6) is 0 Å². The van der Waals surface area contributed by atoms with Crippen molar-refractivity contribution in [3.63, 3.8) is 0 Å². The zero-order valence-corrected chi connectivity index (χ0v) is 26.7. The average Bonchev–Trinajstić information content (AvgIpc) is 3.00. The van der Waals surface area contributed by atoms with Crippen LogP contribution < -0.4 is 27.0 Å². The van der Waals surface area contributed by atoms with Gasteiger partial charge in [0.05, 0.1) is 19.3 Å². The first-order valence-electron chi connectivity index (χ1n) is 15.4. The van der Waals surface area contributed by atoms with Crippen molar-refractivity contribution in [1.29, 1.82) is 0 Å². The highest BCUT2D eigenvalue weighted by Crippen LogP contribution is 2.09. The number of likely N-dealkylation sites (N-methyl/N-ethyl adjacent to an activating group) is 1. The summed E-state index contributed by atoms with van der Waals surface area (Å²) in [5.74, 6) is -0.713. The molecule has 4 amide bonds. The summed E-state index contributed by atoms with van der Waals surface area (Å²) in [6, 6.07) is 5.96. The van der Waals surface area contributed by atoms with Crippen LogP contribution in [0.3, 0.4) is 0 Å². The van der Waals surface area contributed by atoms with Crippen LogP contribution in [0.15, 0.2) is 29.4 Å². The van der Waals surface area contributed by atoms with Crippen LogP contribution in [-0.2, 0) is 30.5 Å². The number of hydrogen-bond acceptors (Lipinski definition) is 9. The number of nitrogens with zero attached hydrogens (tertiary/aromatic N) is 1. The number of alkyl carbamates (subject to hydrolysis) is 1. The summed E-state index contributed by atoms with van der Waals surface area (Å²) in [5.41, 5.74) is 6.81. The van der Waals surface area contributed by atoms with E-state index in [1.165, 1.54) is 0 Å². The second-order valence-corrected chi connectivity index (χ2v) is 10.8. The Kier molecular flexibility index (Phi) is 20.6. The molecule has 0 radical (unpaired) electrons. The predicted molar refractivity (Wildman–Crippen MR) is 169 cm³/mol. The fourth-order valence-corrected chi connectivity index (χ4v) is 4.03. The van der Waals surface area contributed by atoms with Gasteiger partial charge in [-0.25, -0.2) is 4.79 Å². The number of nitrogens with two attached hydrogens (primary N) is 1. The van der Waals surface area contributed by atoms with Crippen molar-refractivity contribution in [3.05, 3.63) is 35.4 Å². The van der Waals surface area contributed by atoms with Gasteiger partial charge in [0.2, 0.25) is 11.8 Å². The lowest BCUT2D eigenvalue weighted by Gasteiger charge is -2.21. The van der Waals surface area contributed by atoms with Crippen molar-refractivity contribution in [3.8, 4) is 0 Å². The summed E-state index contributed by atoms with van der Waals surface area (Å²) in [7, 11) is 1.71. The van der Waals surface area contributed by atoms with E-state index in [0.717, 1.165) is 18.4 Å². The van der Waals surface area contributed by atoms with E-state index in [1.807, 2.05) is 26.8 Å². The summed E-state index contributed by atoms with van der Waals surface area (Å²) < 4.78 is 10.4. The van der Waals surface area contributed by atoms with Gasteiger partial charge in [-0.2, -0.15) is 0 Å². The molecule has 0 aliphatic rings. The first-order valence-corrected chi connectivity index (χ1v) is 15.4. The van der Waals surface area contributed by atoms with E-state index in [-0.39, 0.29) is 24.5 Å². The molecule has 0 unspecified atom stereocenters. The van der Waals surface area contributed by atoms with E-state index in [4.69, 9.17) is 20.0 Å². The van der Waals surface area contributed by atoms with Gasteiger partial charge in [-0.15, -0.1) is 0 Å². The van der Waals surface area contributed by atoms with Crippen LogP contribution in [0.1, 0.15) is 81.6 Å². The Morgan fingerprint density at radius 2 is 1.80 bits per heavy atom. The van der Waals surface area contributed by atoms with Crippen molar-refractivity contribution in [2.75, 3.05) is 40.0 Å². The molecule has 0 spiro atoms. The molecule has 44 heavy (non-hydrogen) atoms. The maximum atomic E-state index is 12.6. The Balaban J connectivity index is 2.26. The minimum atomic E-state index is -0.759. The molecule has 1 aromatic carbocycles. The third-order valence-corrected chi connectivity index (χ3v) is 6.38. The van der Waals surface area contributed by atoms with Gasteiger partial charge in [-0.3, -0.25) is 14.4 Å². The molecule has 1 rings (SSSR count). The number of carbonyl (C=O) groups is 4. The van der Waals surface area contributed by atoms with Crippen LogP contribution in [0.4, 0.5) is 4.79 Å². The van der Waals surface area contributed by atoms with Crippen molar-refractivity contribution in [2.45, 2.75) is 84.4 Å². The van der Waals surface area contributed by atoms with Crippen molar-refractivity contribution >= 4 is 30.0 Å². The number of amides is 4. The lowest BCUT2D eigenvalue weighted by molar-refractivity contribution is -0.129. The first-order chi connectivity index (χ1) is 21.2. The largest absolute Gasteiger partial charge is 0.450 e. The maximum Gasteiger partial charge on any atom is 0.407 e. The Labute approximate surface area is 261 Å². The molecule has 0 aromatic heterocycles. The quantitative estimate of drug-likeness (QED) is 0.0664. The number of carbonyl (C=O) groups excluding carboxylic acids is 4. The molecule has 0 saturated heterocycles. The normalized spacial score (nSPS) is 12.5. The van der Waals surface area contributed by atoms with Gasteiger partial charge in [0.25, 0.3) is 5.91 Å². The first kappa shape index (κ1) is 38.3. The lowest BCUT2D eigenvalue weighted by Crippen LogP contribution is -2.51. The van der Waals surface area contributed by atoms with E-state index >= 15 is 0 Å². The van der Waals surface area contributed by atoms with Gasteiger partial charge >= 0.3 is 6.09 Å². The highest BCUT2D eigenvalue weighted by Gasteiger charge is 2.23. The number of benzene rings is 1. The Morgan fingerprint density at radius 1 is 1.00 bits per heavy atom. The number of nitrogens with one attached hydrogen (secondary N) is 4. The summed E-state index contributed by atoms with van der Waals surface area (Å²) in [6.07, 6.45) is 5.72. The molecular weight excluding hydrogens is 568 g/mol. The molecule has 0 saturated carbocycles. The second-order valence-electron chi connectivity index (χ2n) is 10.8. The fourth-order valence-electron chi connectivity index (χ4n) is 4.03. The average molecular weight is 621 g/mol. The highest BCUT2D eigenvalue weighted by atomic mass is 16.6. The minimum absolute atomic E-state index is 0.214. The van der Waals surface area contributed by atoms with Crippen LogP contribution in [-0.4, -0.2) is 82.1 Å². The molecule has 0 aliphatic carbocycles. The van der Waals surface area contributed by atoms with Crippen molar-refractivity contribution in [1.82, 2.24) is 21.3 Å². The van der Waals surface area contributed by atoms with Gasteiger partial charge in [0.1, 0.15) is 12.6 Å². The molecule has 0 aliphatic heterocycles. The van der Waals surface area contributed by atoms with Gasteiger partial charge in [0, 0.05) is 31.5 Å². The SMILES string of the molecule is CCCOC(=O)NCCOCCC/C=N/OCc1cccc(C(=O)NCCCC[C@H](NC(=O)[C@H](CC(C)C)NC)C(N)=O)c1. The maximum absolute atomic E-state index is 12.6. The van der Waals surface area contributed by atoms with E-state index in [2.05, 4.69) is 26.4 Å². The van der Waals surface area contributed by atoms with E-state index in [9.17, 15) is 19.2 Å². The minimum Gasteiger partial charge on any atom is -0.450 e. The zero-order valence-electron chi connectivity index (χ0n) is 26.7. The van der Waals surface area contributed by atoms with Gasteiger partial charge < -0.3 is 41.3 Å². The van der Waals surface area contributed by atoms with E-state index in [1.54, 1.807) is 31.5 Å². The summed E-state index contributed by atoms with van der Waals surface area (Å²) >= 11 is 0. The number of rotatable bonds is 24. The number of primary amides is 1. The van der Waals surface area contributed by atoms with Crippen molar-refractivity contribution < 1.29 is 33.5 Å². The third kappa shape index (κ3) is 18.1. The molecule has 13 nitrogen and oxygen atoms in total. The monoisotopic (exact) mass is 620 g/mol. The Hall–Kier alpha value is -3.71. The predicted octanol–water partition coefficient (Wildman–Crippen LogP) is 2.63. The van der Waals surface area contributed by atoms with E-state index in [0.29, 0.717) is 76.5 Å². The smallest absolute Gasteiger partial charge is 0.407 e. The van der Waals surface area contributed by atoms with Gasteiger partial charge in [-0.1, -0.05) is 38.1 Å². The van der Waals surface area contributed by atoms with Gasteiger partial charge in [-0.05, 0) is 75.6 Å². The third-order valence-electron chi connectivity index (χ3n) is 6.38. The molecule has 248 valence electrons. The molecule has 0 fully saturated rings. The molecule has 0 heterocycles. The summed E-state index contributed by atoms with van der Waals surface area (Å²) in [5, 5.41) is 15.2. The van der Waals surface area contributed by atoms with Gasteiger partial charge in [0.15, 0.2) is 0 Å². The van der Waals surface area contributed by atoms with Crippen LogP contribution >= 0.6 is 0 Å². The molecule has 6 N–H and O–H groups in total. The van der Waals surface area contributed by atoms with Crippen molar-refractivity contribution in [2.24, 2.45) is 16.8 Å². The topological polar surface area (TPSA) is 182 Å².